The van der Waals surface area contributed by atoms with Gasteiger partial charge in [-0.3, -0.25) is 4.68 Å². The molecule has 0 aromatic carbocycles. The first-order valence-electron chi connectivity index (χ1n) is 8.34. The van der Waals surface area contributed by atoms with Crippen molar-refractivity contribution in [3.05, 3.63) is 18.0 Å². The van der Waals surface area contributed by atoms with Gasteiger partial charge in [0.1, 0.15) is 0 Å². The smallest absolute Gasteiger partial charge is 0.317 e. The van der Waals surface area contributed by atoms with Gasteiger partial charge in [-0.25, -0.2) is 4.79 Å². The minimum Gasteiger partial charge on any atom is -0.391 e. The molecule has 2 aliphatic rings. The molecule has 0 bridgehead atoms. The van der Waals surface area contributed by atoms with Crippen molar-refractivity contribution in [3.8, 4) is 0 Å². The van der Waals surface area contributed by atoms with Gasteiger partial charge in [0.25, 0.3) is 0 Å². The number of aromatic nitrogens is 2. The third-order valence-corrected chi connectivity index (χ3v) is 4.76. The molecule has 22 heavy (non-hydrogen) atoms. The first-order chi connectivity index (χ1) is 10.6. The van der Waals surface area contributed by atoms with E-state index >= 15 is 0 Å². The Hall–Kier alpha value is -1.56. The first-order valence-corrected chi connectivity index (χ1v) is 8.34. The molecule has 2 amide bonds. The minimum absolute atomic E-state index is 0.157. The zero-order valence-electron chi connectivity index (χ0n) is 13.2. The number of likely N-dealkylation sites (N-methyl/N-ethyl adjacent to an activating group) is 1. The second-order valence-corrected chi connectivity index (χ2v) is 6.67. The first kappa shape index (κ1) is 15.3. The van der Waals surface area contributed by atoms with Gasteiger partial charge in [-0.2, -0.15) is 5.10 Å². The molecule has 0 spiro atoms. The zero-order chi connectivity index (χ0) is 15.5. The normalized spacial score (nSPS) is 20.1. The highest BCUT2D eigenvalue weighted by atomic mass is 16.3. The lowest BCUT2D eigenvalue weighted by Gasteiger charge is -2.20. The van der Waals surface area contributed by atoms with Crippen LogP contribution in [-0.4, -0.2) is 45.5 Å². The van der Waals surface area contributed by atoms with Gasteiger partial charge in [0.2, 0.25) is 0 Å². The highest BCUT2D eigenvalue weighted by molar-refractivity contribution is 5.73. The summed E-state index contributed by atoms with van der Waals surface area (Å²) >= 11 is 0. The van der Waals surface area contributed by atoms with E-state index in [1.54, 1.807) is 11.9 Å². The van der Waals surface area contributed by atoms with E-state index in [1.807, 2.05) is 16.9 Å². The highest BCUT2D eigenvalue weighted by Gasteiger charge is 2.31. The quantitative estimate of drug-likeness (QED) is 0.843. The van der Waals surface area contributed by atoms with Crippen LogP contribution >= 0.6 is 0 Å². The van der Waals surface area contributed by atoms with Crippen LogP contribution in [0.1, 0.15) is 50.3 Å². The third kappa shape index (κ3) is 3.80. The molecular formula is C16H26N4O2. The number of amides is 2. The van der Waals surface area contributed by atoms with Crippen LogP contribution in [0.4, 0.5) is 4.79 Å². The molecular weight excluding hydrogens is 280 g/mol. The van der Waals surface area contributed by atoms with Crippen LogP contribution < -0.4 is 5.32 Å². The molecule has 2 N–H and O–H groups in total. The molecule has 122 valence electrons. The van der Waals surface area contributed by atoms with Gasteiger partial charge in [0, 0.05) is 19.8 Å². The summed E-state index contributed by atoms with van der Waals surface area (Å²) in [4.78, 5) is 13.6. The summed E-state index contributed by atoms with van der Waals surface area (Å²) in [5.41, 5.74) is 0.886. The Bertz CT molecular complexity index is 506. The van der Waals surface area contributed by atoms with Crippen molar-refractivity contribution >= 4 is 6.03 Å². The van der Waals surface area contributed by atoms with Crippen LogP contribution in [0.15, 0.2) is 12.3 Å². The van der Waals surface area contributed by atoms with Crippen molar-refractivity contribution in [2.45, 2.75) is 57.2 Å². The van der Waals surface area contributed by atoms with Crippen molar-refractivity contribution in [2.24, 2.45) is 5.92 Å². The molecule has 1 heterocycles. The van der Waals surface area contributed by atoms with E-state index in [9.17, 15) is 9.90 Å². The molecule has 6 heteroatoms. The van der Waals surface area contributed by atoms with Gasteiger partial charge >= 0.3 is 6.03 Å². The van der Waals surface area contributed by atoms with Crippen LogP contribution in [0.25, 0.3) is 0 Å². The maximum Gasteiger partial charge on any atom is 0.317 e. The van der Waals surface area contributed by atoms with Gasteiger partial charge in [-0.05, 0) is 37.7 Å². The average Bonchev–Trinajstić information content (AvgIpc) is 3.02. The lowest BCUT2D eigenvalue weighted by Crippen LogP contribution is -2.41. The summed E-state index contributed by atoms with van der Waals surface area (Å²) in [7, 11) is 1.72. The summed E-state index contributed by atoms with van der Waals surface area (Å²) in [6.45, 7) is 0.829. The molecule has 1 atom stereocenters. The number of urea groups is 1. The number of nitrogens with one attached hydrogen (secondary N) is 1. The van der Waals surface area contributed by atoms with Gasteiger partial charge < -0.3 is 15.3 Å². The second kappa shape index (κ2) is 6.69. The predicted molar refractivity (Wildman–Crippen MR) is 83.3 cm³/mol. The molecule has 2 aliphatic carbocycles. The fourth-order valence-electron chi connectivity index (χ4n) is 3.14. The number of rotatable bonds is 6. The number of carbonyl (C=O) groups is 1. The zero-order valence-corrected chi connectivity index (χ0v) is 13.2. The van der Waals surface area contributed by atoms with Crippen molar-refractivity contribution < 1.29 is 9.90 Å². The van der Waals surface area contributed by atoms with Gasteiger partial charge in [-0.1, -0.05) is 12.8 Å². The van der Waals surface area contributed by atoms with Crippen LogP contribution in [0, 0.1) is 5.92 Å². The number of aliphatic hydroxyl groups is 1. The lowest BCUT2D eigenvalue weighted by molar-refractivity contribution is 0.113. The minimum atomic E-state index is -0.391. The molecule has 0 aliphatic heterocycles. The monoisotopic (exact) mass is 306 g/mol. The van der Waals surface area contributed by atoms with Crippen LogP contribution in [-0.2, 0) is 6.54 Å². The van der Waals surface area contributed by atoms with Crippen molar-refractivity contribution in [1.82, 2.24) is 20.0 Å². The Kier molecular flexibility index (Phi) is 4.66. The van der Waals surface area contributed by atoms with Crippen LogP contribution in [0.3, 0.4) is 0 Å². The Morgan fingerprint density at radius 2 is 2.18 bits per heavy atom. The number of carbonyl (C=O) groups excluding carboxylic acids is 1. The van der Waals surface area contributed by atoms with Gasteiger partial charge in [-0.15, -0.1) is 0 Å². The van der Waals surface area contributed by atoms with Crippen molar-refractivity contribution in [3.63, 3.8) is 0 Å². The molecule has 0 radical (unpaired) electrons. The third-order valence-electron chi connectivity index (χ3n) is 4.76. The van der Waals surface area contributed by atoms with Crippen LogP contribution in [0.2, 0.25) is 0 Å². The number of hydrogen-bond donors (Lipinski definition) is 2. The van der Waals surface area contributed by atoms with E-state index in [-0.39, 0.29) is 6.03 Å². The topological polar surface area (TPSA) is 70.4 Å². The van der Waals surface area contributed by atoms with Gasteiger partial charge in [0.15, 0.2) is 0 Å². The van der Waals surface area contributed by atoms with E-state index in [1.165, 1.54) is 25.7 Å². The Morgan fingerprint density at radius 1 is 1.45 bits per heavy atom. The molecule has 2 saturated carbocycles. The summed E-state index contributed by atoms with van der Waals surface area (Å²) in [6.07, 6.45) is 8.75. The molecule has 3 rings (SSSR count). The Labute approximate surface area is 131 Å². The van der Waals surface area contributed by atoms with E-state index in [0.717, 1.165) is 18.5 Å². The van der Waals surface area contributed by atoms with Crippen molar-refractivity contribution in [1.29, 1.82) is 0 Å². The van der Waals surface area contributed by atoms with Crippen LogP contribution in [0.5, 0.6) is 0 Å². The standard InChI is InChI=1S/C16H26N4O2/c1-19(11-15(21)12-6-7-12)16(22)17-10-13-8-9-20(18-13)14-4-2-3-5-14/h8-9,12,14-15,21H,2-7,10-11H2,1H3,(H,17,22). The molecule has 2 fully saturated rings. The molecule has 0 saturated heterocycles. The maximum atomic E-state index is 12.0. The SMILES string of the molecule is CN(CC(O)C1CC1)C(=O)NCc1ccn(C2CCCC2)n1. The maximum absolute atomic E-state index is 12.0. The molecule has 6 nitrogen and oxygen atoms in total. The number of nitrogens with zero attached hydrogens (tertiary/aromatic N) is 3. The average molecular weight is 306 g/mol. The fourth-order valence-corrected chi connectivity index (χ4v) is 3.14. The molecule has 1 aromatic rings. The lowest BCUT2D eigenvalue weighted by atomic mass is 10.2. The van der Waals surface area contributed by atoms with E-state index in [4.69, 9.17) is 0 Å². The van der Waals surface area contributed by atoms with E-state index < -0.39 is 6.10 Å². The molecule has 1 unspecified atom stereocenters. The van der Waals surface area contributed by atoms with E-state index in [0.29, 0.717) is 25.0 Å². The largest absolute Gasteiger partial charge is 0.391 e. The summed E-state index contributed by atoms with van der Waals surface area (Å²) in [5, 5.41) is 17.3. The fraction of sp³-hybridized carbons (Fsp3) is 0.750. The predicted octanol–water partition coefficient (Wildman–Crippen LogP) is 1.91. The Balaban J connectivity index is 1.43. The van der Waals surface area contributed by atoms with Gasteiger partial charge in [0.05, 0.1) is 24.4 Å². The number of hydrogen-bond acceptors (Lipinski definition) is 3. The Morgan fingerprint density at radius 3 is 2.86 bits per heavy atom. The van der Waals surface area contributed by atoms with Crippen molar-refractivity contribution in [2.75, 3.05) is 13.6 Å². The highest BCUT2D eigenvalue weighted by Crippen LogP contribution is 2.32. The summed E-state index contributed by atoms with van der Waals surface area (Å²) in [6, 6.07) is 2.34. The molecule has 1 aromatic heterocycles. The summed E-state index contributed by atoms with van der Waals surface area (Å²) in [5.74, 6) is 0.386. The second-order valence-electron chi connectivity index (χ2n) is 6.67. The van der Waals surface area contributed by atoms with E-state index in [2.05, 4.69) is 10.4 Å². The number of aliphatic hydroxyl groups excluding tert-OH is 1. The summed E-state index contributed by atoms with van der Waals surface area (Å²) < 4.78 is 2.04.